The van der Waals surface area contributed by atoms with Crippen molar-refractivity contribution in [2.45, 2.75) is 12.7 Å². The number of hydrogen-bond acceptors (Lipinski definition) is 4. The summed E-state index contributed by atoms with van der Waals surface area (Å²) in [5.74, 6) is -0.145. The second kappa shape index (κ2) is 4.37. The van der Waals surface area contributed by atoms with Crippen LogP contribution in [0.1, 0.15) is 11.3 Å². The van der Waals surface area contributed by atoms with Crippen molar-refractivity contribution in [3.05, 3.63) is 28.0 Å². The first-order valence-corrected chi connectivity index (χ1v) is 6.21. The summed E-state index contributed by atoms with van der Waals surface area (Å²) in [4.78, 5) is 4.01. The first kappa shape index (κ1) is 11.6. The predicted molar refractivity (Wildman–Crippen MR) is 56.3 cm³/mol. The Hall–Kier alpha value is -0.460. The van der Waals surface area contributed by atoms with Crippen molar-refractivity contribution in [3.8, 4) is 0 Å². The van der Waals surface area contributed by atoms with Gasteiger partial charge in [-0.2, -0.15) is 8.42 Å². The molecule has 0 bridgehead atoms. The van der Waals surface area contributed by atoms with Gasteiger partial charge in [-0.1, -0.05) is 0 Å². The minimum absolute atomic E-state index is 0.145. The van der Waals surface area contributed by atoms with Gasteiger partial charge in [0.1, 0.15) is 5.75 Å². The molecule has 6 heteroatoms. The van der Waals surface area contributed by atoms with Crippen molar-refractivity contribution >= 4 is 26.0 Å². The van der Waals surface area contributed by atoms with Crippen molar-refractivity contribution in [2.24, 2.45) is 0 Å². The van der Waals surface area contributed by atoms with Gasteiger partial charge in [-0.3, -0.25) is 9.17 Å². The highest BCUT2D eigenvalue weighted by Gasteiger charge is 2.12. The molecule has 0 amide bonds. The molecule has 0 spiro atoms. The molecule has 1 heterocycles. The maximum atomic E-state index is 11.2. The zero-order valence-electron chi connectivity index (χ0n) is 7.82. The van der Waals surface area contributed by atoms with Crippen molar-refractivity contribution in [1.29, 1.82) is 0 Å². The average Bonchev–Trinajstić information content (AvgIpc) is 2.11. The van der Waals surface area contributed by atoms with Gasteiger partial charge in [-0.05, 0) is 34.5 Å². The summed E-state index contributed by atoms with van der Waals surface area (Å²) in [6.45, 7) is 1.80. The van der Waals surface area contributed by atoms with Crippen LogP contribution in [-0.4, -0.2) is 20.5 Å². The van der Waals surface area contributed by atoms with Crippen LogP contribution in [0.25, 0.3) is 0 Å². The van der Waals surface area contributed by atoms with Crippen LogP contribution >= 0.6 is 15.9 Å². The van der Waals surface area contributed by atoms with E-state index in [2.05, 4.69) is 25.1 Å². The molecule has 0 saturated heterocycles. The summed E-state index contributed by atoms with van der Waals surface area (Å²) in [6.07, 6.45) is 1.58. The van der Waals surface area contributed by atoms with Crippen LogP contribution in [0.3, 0.4) is 0 Å². The number of rotatable bonds is 3. The van der Waals surface area contributed by atoms with E-state index >= 15 is 0 Å². The summed E-state index contributed by atoms with van der Waals surface area (Å²) in [7, 11) is -2.32. The van der Waals surface area contributed by atoms with E-state index in [4.69, 9.17) is 0 Å². The molecule has 1 aromatic rings. The van der Waals surface area contributed by atoms with Crippen molar-refractivity contribution in [1.82, 2.24) is 4.98 Å². The molecule has 0 aliphatic rings. The molecule has 0 atom stereocenters. The first-order valence-electron chi connectivity index (χ1n) is 3.84. The van der Waals surface area contributed by atoms with Crippen molar-refractivity contribution in [3.63, 3.8) is 0 Å². The Labute approximate surface area is 91.6 Å². The van der Waals surface area contributed by atoms with Gasteiger partial charge in [-0.25, -0.2) is 0 Å². The lowest BCUT2D eigenvalue weighted by Gasteiger charge is -2.04. The molecular weight excluding hydrogens is 270 g/mol. The van der Waals surface area contributed by atoms with Crippen LogP contribution < -0.4 is 0 Å². The van der Waals surface area contributed by atoms with E-state index in [-0.39, 0.29) is 5.75 Å². The first-order chi connectivity index (χ1) is 6.44. The topological polar surface area (TPSA) is 56.3 Å². The zero-order valence-corrected chi connectivity index (χ0v) is 10.2. The smallest absolute Gasteiger partial charge is 0.271 e. The number of aryl methyl sites for hydroxylation is 1. The molecule has 1 rings (SSSR count). The van der Waals surface area contributed by atoms with Gasteiger partial charge in [-0.15, -0.1) is 0 Å². The van der Waals surface area contributed by atoms with Crippen LogP contribution in [-0.2, 0) is 20.1 Å². The Morgan fingerprint density at radius 1 is 1.57 bits per heavy atom. The standard InChI is InChI=1S/C8H10BrNO3S/c1-6-3-7(8(9)4-10-6)5-14(11,12)13-2/h3-4H,5H2,1-2H3. The summed E-state index contributed by atoms with van der Waals surface area (Å²) in [5, 5.41) is 0. The number of aromatic nitrogens is 1. The second-order valence-corrected chi connectivity index (χ2v) is 5.38. The summed E-state index contributed by atoms with van der Waals surface area (Å²) in [6, 6.07) is 1.71. The quantitative estimate of drug-likeness (QED) is 0.790. The third-order valence-corrected chi connectivity index (χ3v) is 3.54. The van der Waals surface area contributed by atoms with E-state index < -0.39 is 10.1 Å². The Balaban J connectivity index is 3.03. The van der Waals surface area contributed by atoms with Gasteiger partial charge in [0.2, 0.25) is 0 Å². The maximum absolute atomic E-state index is 11.2. The van der Waals surface area contributed by atoms with E-state index in [1.54, 1.807) is 19.2 Å². The van der Waals surface area contributed by atoms with Gasteiger partial charge in [0, 0.05) is 16.4 Å². The molecule has 0 unspecified atom stereocenters. The lowest BCUT2D eigenvalue weighted by Crippen LogP contribution is -2.06. The number of hydrogen-bond donors (Lipinski definition) is 0. The largest absolute Gasteiger partial charge is 0.273 e. The maximum Gasteiger partial charge on any atom is 0.271 e. The molecule has 78 valence electrons. The van der Waals surface area contributed by atoms with Crippen LogP contribution in [0, 0.1) is 6.92 Å². The molecule has 0 N–H and O–H groups in total. The fourth-order valence-electron chi connectivity index (χ4n) is 0.960. The minimum Gasteiger partial charge on any atom is -0.273 e. The minimum atomic E-state index is -3.47. The second-order valence-electron chi connectivity index (χ2n) is 2.79. The van der Waals surface area contributed by atoms with Crippen LogP contribution in [0.2, 0.25) is 0 Å². The highest BCUT2D eigenvalue weighted by molar-refractivity contribution is 9.10. The highest BCUT2D eigenvalue weighted by atomic mass is 79.9. The third kappa shape index (κ3) is 3.04. The molecule has 0 saturated carbocycles. The van der Waals surface area contributed by atoms with E-state index in [0.717, 1.165) is 12.8 Å². The molecule has 1 aromatic heterocycles. The van der Waals surface area contributed by atoms with Crippen molar-refractivity contribution in [2.75, 3.05) is 7.11 Å². The third-order valence-electron chi connectivity index (χ3n) is 1.66. The Morgan fingerprint density at radius 2 is 2.21 bits per heavy atom. The normalized spacial score (nSPS) is 11.6. The van der Waals surface area contributed by atoms with Crippen LogP contribution in [0.5, 0.6) is 0 Å². The van der Waals surface area contributed by atoms with Crippen LogP contribution in [0.4, 0.5) is 0 Å². The van der Waals surface area contributed by atoms with Gasteiger partial charge in [0.05, 0.1) is 7.11 Å². The lowest BCUT2D eigenvalue weighted by atomic mass is 10.2. The molecule has 0 aliphatic heterocycles. The molecular formula is C8H10BrNO3S. The average molecular weight is 280 g/mol. The molecule has 14 heavy (non-hydrogen) atoms. The molecule has 0 aromatic carbocycles. The predicted octanol–water partition coefficient (Wildman–Crippen LogP) is 1.63. The van der Waals surface area contributed by atoms with E-state index in [1.807, 2.05) is 0 Å². The zero-order chi connectivity index (χ0) is 10.8. The Morgan fingerprint density at radius 3 is 2.79 bits per heavy atom. The fraction of sp³-hybridized carbons (Fsp3) is 0.375. The van der Waals surface area contributed by atoms with Gasteiger partial charge >= 0.3 is 0 Å². The SMILES string of the molecule is COS(=O)(=O)Cc1cc(C)ncc1Br. The monoisotopic (exact) mass is 279 g/mol. The van der Waals surface area contributed by atoms with Gasteiger partial charge in [0.15, 0.2) is 0 Å². The van der Waals surface area contributed by atoms with Crippen LogP contribution in [0.15, 0.2) is 16.7 Å². The summed E-state index contributed by atoms with van der Waals surface area (Å²) in [5.41, 5.74) is 1.42. The highest BCUT2D eigenvalue weighted by Crippen LogP contribution is 2.19. The summed E-state index contributed by atoms with van der Waals surface area (Å²) >= 11 is 3.23. The van der Waals surface area contributed by atoms with Gasteiger partial charge in [0.25, 0.3) is 10.1 Å². The number of pyridine rings is 1. The summed E-state index contributed by atoms with van der Waals surface area (Å²) < 4.78 is 27.4. The van der Waals surface area contributed by atoms with Crippen molar-refractivity contribution < 1.29 is 12.6 Å². The molecule has 0 radical (unpaired) electrons. The van der Waals surface area contributed by atoms with E-state index in [1.165, 1.54) is 0 Å². The molecule has 4 nitrogen and oxygen atoms in total. The molecule has 0 fully saturated rings. The Kier molecular flexibility index (Phi) is 3.63. The number of nitrogens with zero attached hydrogens (tertiary/aromatic N) is 1. The fourth-order valence-corrected chi connectivity index (χ4v) is 2.24. The lowest BCUT2D eigenvalue weighted by molar-refractivity contribution is 0.397. The number of halogens is 1. The van der Waals surface area contributed by atoms with Gasteiger partial charge < -0.3 is 0 Å². The van der Waals surface area contributed by atoms with E-state index in [0.29, 0.717) is 10.0 Å². The van der Waals surface area contributed by atoms with E-state index in [9.17, 15) is 8.42 Å². The molecule has 0 aliphatic carbocycles. The Bertz CT molecular complexity index is 430.